The maximum Gasteiger partial charge on any atom is 0.338 e. The lowest BCUT2D eigenvalue weighted by Gasteiger charge is -2.31. The molecular formula is C22H16Cl2N2O4. The molecule has 4 rings (SSSR count). The number of fused-ring (bicyclic) bond motifs is 1. The van der Waals surface area contributed by atoms with Crippen LogP contribution in [-0.4, -0.2) is 12.6 Å². The van der Waals surface area contributed by atoms with Crippen LogP contribution < -0.4 is 5.73 Å². The Morgan fingerprint density at radius 3 is 2.60 bits per heavy atom. The van der Waals surface area contributed by atoms with Crippen LogP contribution in [0.4, 0.5) is 0 Å². The van der Waals surface area contributed by atoms with E-state index in [0.717, 1.165) is 0 Å². The molecule has 2 aliphatic heterocycles. The van der Waals surface area contributed by atoms with Crippen molar-refractivity contribution in [2.24, 2.45) is 11.7 Å². The Morgan fingerprint density at radius 2 is 1.97 bits per heavy atom. The minimum atomic E-state index is -1.63. The molecule has 2 heterocycles. The first-order valence-corrected chi connectivity index (χ1v) is 9.88. The average molecular weight is 443 g/mol. The van der Waals surface area contributed by atoms with E-state index in [1.165, 1.54) is 6.07 Å². The van der Waals surface area contributed by atoms with E-state index in [1.54, 1.807) is 43.3 Å². The van der Waals surface area contributed by atoms with Crippen molar-refractivity contribution in [1.29, 1.82) is 5.26 Å². The van der Waals surface area contributed by atoms with Crippen molar-refractivity contribution < 1.29 is 19.0 Å². The summed E-state index contributed by atoms with van der Waals surface area (Å²) in [5.41, 5.74) is 7.24. The third kappa shape index (κ3) is 2.98. The zero-order chi connectivity index (χ0) is 21.5. The molecule has 0 unspecified atom stereocenters. The maximum atomic E-state index is 13.0. The fourth-order valence-electron chi connectivity index (χ4n) is 3.74. The molecule has 0 saturated carbocycles. The molecular weight excluding hydrogens is 427 g/mol. The number of rotatable bonds is 4. The molecule has 2 aromatic carbocycles. The van der Waals surface area contributed by atoms with Gasteiger partial charge in [0, 0.05) is 10.6 Å². The Hall–Kier alpha value is -3.14. The molecule has 0 spiro atoms. The molecule has 6 nitrogen and oxygen atoms in total. The summed E-state index contributed by atoms with van der Waals surface area (Å²) in [4.78, 5) is 13.0. The standard InChI is InChI=1S/C22H16Cl2N2O4/c1-2-28-21(27)17-18-14(11-25)20(26)30-22(18,15-9-8-13(23)10-16(15)24)29-19(17)12-6-4-3-5-7-12/h3-10,18H,2,26H2,1H3/t18-,22-/m0/s1. The van der Waals surface area contributed by atoms with E-state index in [4.69, 9.17) is 43.1 Å². The maximum absolute atomic E-state index is 13.0. The van der Waals surface area contributed by atoms with E-state index in [1.807, 2.05) is 12.1 Å². The molecule has 2 atom stereocenters. The second-order valence-electron chi connectivity index (χ2n) is 6.65. The lowest BCUT2D eigenvalue weighted by Crippen LogP contribution is -2.35. The fourth-order valence-corrected chi connectivity index (χ4v) is 4.28. The lowest BCUT2D eigenvalue weighted by atomic mass is 9.83. The lowest BCUT2D eigenvalue weighted by molar-refractivity contribution is -0.173. The van der Waals surface area contributed by atoms with E-state index < -0.39 is 17.7 Å². The molecule has 8 heteroatoms. The van der Waals surface area contributed by atoms with Crippen LogP contribution in [0.1, 0.15) is 18.1 Å². The molecule has 30 heavy (non-hydrogen) atoms. The minimum Gasteiger partial charge on any atom is -0.463 e. The third-order valence-corrected chi connectivity index (χ3v) is 5.49. The highest BCUT2D eigenvalue weighted by atomic mass is 35.5. The zero-order valence-electron chi connectivity index (χ0n) is 15.8. The van der Waals surface area contributed by atoms with Gasteiger partial charge in [-0.3, -0.25) is 0 Å². The Morgan fingerprint density at radius 1 is 1.23 bits per heavy atom. The second kappa shape index (κ2) is 7.60. The van der Waals surface area contributed by atoms with Crippen molar-refractivity contribution in [2.75, 3.05) is 6.61 Å². The SMILES string of the molecule is CCOC(=O)C1=C(c2ccccc2)O[C@@]2(c3ccc(Cl)cc3Cl)OC(N)=C(C#N)[C@@H]12. The van der Waals surface area contributed by atoms with Crippen LogP contribution in [0, 0.1) is 17.2 Å². The highest BCUT2D eigenvalue weighted by Crippen LogP contribution is 2.59. The van der Waals surface area contributed by atoms with Gasteiger partial charge in [-0.2, -0.15) is 5.26 Å². The number of esters is 1. The van der Waals surface area contributed by atoms with E-state index in [9.17, 15) is 10.1 Å². The second-order valence-corrected chi connectivity index (χ2v) is 7.49. The number of nitrogens with zero attached hydrogens (tertiary/aromatic N) is 1. The summed E-state index contributed by atoms with van der Waals surface area (Å²) in [6.07, 6.45) is 0. The summed E-state index contributed by atoms with van der Waals surface area (Å²) in [6.45, 7) is 1.84. The van der Waals surface area contributed by atoms with E-state index in [0.29, 0.717) is 16.1 Å². The number of benzene rings is 2. The summed E-state index contributed by atoms with van der Waals surface area (Å²) in [6, 6.07) is 15.8. The normalized spacial score (nSPS) is 22.3. The van der Waals surface area contributed by atoms with Crippen LogP contribution in [0.3, 0.4) is 0 Å². The first-order valence-electron chi connectivity index (χ1n) is 9.13. The van der Waals surface area contributed by atoms with Crippen molar-refractivity contribution in [3.8, 4) is 6.07 Å². The fraction of sp³-hybridized carbons (Fsp3) is 0.182. The van der Waals surface area contributed by atoms with Gasteiger partial charge in [0.15, 0.2) is 0 Å². The summed E-state index contributed by atoms with van der Waals surface area (Å²) >= 11 is 12.5. The van der Waals surface area contributed by atoms with Crippen molar-refractivity contribution in [1.82, 2.24) is 0 Å². The van der Waals surface area contributed by atoms with E-state index in [-0.39, 0.29) is 34.4 Å². The number of nitrogens with two attached hydrogens (primary N) is 1. The number of carbonyl (C=O) groups excluding carboxylic acids is 1. The van der Waals surface area contributed by atoms with Crippen LogP contribution in [-0.2, 0) is 24.8 Å². The molecule has 2 aliphatic rings. The molecule has 0 aliphatic carbocycles. The molecule has 2 aromatic rings. The van der Waals surface area contributed by atoms with Gasteiger partial charge < -0.3 is 19.9 Å². The van der Waals surface area contributed by atoms with Crippen molar-refractivity contribution >= 4 is 34.9 Å². The average Bonchev–Trinajstić information content (AvgIpc) is 3.18. The molecule has 0 aromatic heterocycles. The predicted molar refractivity (Wildman–Crippen MR) is 111 cm³/mol. The first kappa shape index (κ1) is 20.1. The molecule has 0 bridgehead atoms. The number of hydrogen-bond acceptors (Lipinski definition) is 6. The largest absolute Gasteiger partial charge is 0.463 e. The summed E-state index contributed by atoms with van der Waals surface area (Å²) in [5.74, 6) is -3.12. The van der Waals surface area contributed by atoms with Gasteiger partial charge in [0.2, 0.25) is 5.88 Å². The summed E-state index contributed by atoms with van der Waals surface area (Å²) in [5, 5.41) is 10.5. The first-order chi connectivity index (χ1) is 14.4. The van der Waals surface area contributed by atoms with Crippen LogP contribution in [0.25, 0.3) is 5.76 Å². The van der Waals surface area contributed by atoms with Crippen molar-refractivity contribution in [2.45, 2.75) is 12.7 Å². The van der Waals surface area contributed by atoms with Crippen molar-refractivity contribution in [3.63, 3.8) is 0 Å². The number of carbonyl (C=O) groups is 1. The van der Waals surface area contributed by atoms with Gasteiger partial charge in [0.05, 0.1) is 22.8 Å². The Bertz CT molecular complexity index is 1140. The van der Waals surface area contributed by atoms with Crippen LogP contribution in [0.2, 0.25) is 10.0 Å². The Balaban J connectivity index is 1.99. The number of hydrogen-bond donors (Lipinski definition) is 1. The van der Waals surface area contributed by atoms with Crippen molar-refractivity contribution in [3.05, 3.63) is 86.7 Å². The summed E-state index contributed by atoms with van der Waals surface area (Å²) < 4.78 is 17.5. The van der Waals surface area contributed by atoms with E-state index in [2.05, 4.69) is 0 Å². The van der Waals surface area contributed by atoms with Gasteiger partial charge >= 0.3 is 5.97 Å². The van der Waals surface area contributed by atoms with E-state index >= 15 is 0 Å². The monoisotopic (exact) mass is 442 g/mol. The van der Waals surface area contributed by atoms with Gasteiger partial charge in [-0.15, -0.1) is 0 Å². The molecule has 0 radical (unpaired) electrons. The molecule has 0 saturated heterocycles. The van der Waals surface area contributed by atoms with Gasteiger partial charge in [-0.1, -0.05) is 53.5 Å². The number of halogens is 2. The smallest absolute Gasteiger partial charge is 0.338 e. The topological polar surface area (TPSA) is 94.6 Å². The van der Waals surface area contributed by atoms with Crippen LogP contribution in [0.5, 0.6) is 0 Å². The number of ether oxygens (including phenoxy) is 3. The molecule has 0 amide bonds. The minimum absolute atomic E-state index is 0.0648. The molecule has 152 valence electrons. The van der Waals surface area contributed by atoms with Gasteiger partial charge in [0.1, 0.15) is 23.3 Å². The van der Waals surface area contributed by atoms with Gasteiger partial charge in [-0.05, 0) is 25.1 Å². The number of nitriles is 1. The Kier molecular flexibility index (Phi) is 5.10. The predicted octanol–water partition coefficient (Wildman–Crippen LogP) is 4.49. The zero-order valence-corrected chi connectivity index (χ0v) is 17.3. The van der Waals surface area contributed by atoms with Crippen LogP contribution >= 0.6 is 23.2 Å². The highest BCUT2D eigenvalue weighted by molar-refractivity contribution is 6.35. The third-order valence-electron chi connectivity index (χ3n) is 4.94. The van der Waals surface area contributed by atoms with Gasteiger partial charge in [0.25, 0.3) is 5.79 Å². The molecule has 2 N–H and O–H groups in total. The van der Waals surface area contributed by atoms with Crippen LogP contribution in [0.15, 0.2) is 65.6 Å². The Labute approximate surface area is 183 Å². The van der Waals surface area contributed by atoms with Gasteiger partial charge in [-0.25, -0.2) is 4.79 Å². The highest BCUT2D eigenvalue weighted by Gasteiger charge is 2.63. The quantitative estimate of drug-likeness (QED) is 0.700. The molecule has 0 fully saturated rings. The summed E-state index contributed by atoms with van der Waals surface area (Å²) in [7, 11) is 0.